The van der Waals surface area contributed by atoms with Crippen LogP contribution in [0.3, 0.4) is 0 Å². The predicted molar refractivity (Wildman–Crippen MR) is 125 cm³/mol. The molecule has 1 aliphatic heterocycles. The predicted octanol–water partition coefficient (Wildman–Crippen LogP) is 4.72. The maximum atomic E-state index is 12.7. The standard InChI is InChI=1S/C24H24ClN5O/c25-17-9-11-19(12-10-17)29-13-15-30(16-14-29)24-27-20-7-4-8-21(31)22(20)23(28-24)26-18-5-2-1-3-6-18/h1-3,5-6,9-12H,4,7-8,13-16H2,(H,26,27,28). The quantitative estimate of drug-likeness (QED) is 0.642. The second-order valence-corrected chi connectivity index (χ2v) is 8.35. The van der Waals surface area contributed by atoms with Gasteiger partial charge in [0.25, 0.3) is 0 Å². The number of ketones is 1. The molecule has 7 heteroatoms. The molecule has 2 aromatic carbocycles. The third kappa shape index (κ3) is 4.21. The van der Waals surface area contributed by atoms with Crippen LogP contribution in [0.2, 0.25) is 5.02 Å². The molecule has 0 radical (unpaired) electrons. The zero-order valence-electron chi connectivity index (χ0n) is 17.2. The number of anilines is 4. The molecule has 0 amide bonds. The fourth-order valence-electron chi connectivity index (χ4n) is 4.22. The first-order valence-electron chi connectivity index (χ1n) is 10.7. The van der Waals surface area contributed by atoms with E-state index in [2.05, 4.69) is 27.2 Å². The number of hydrogen-bond donors (Lipinski definition) is 1. The highest BCUT2D eigenvalue weighted by molar-refractivity contribution is 6.30. The van der Waals surface area contributed by atoms with Crippen molar-refractivity contribution in [1.29, 1.82) is 0 Å². The first-order valence-corrected chi connectivity index (χ1v) is 11.1. The van der Waals surface area contributed by atoms with Crippen LogP contribution in [0.25, 0.3) is 0 Å². The lowest BCUT2D eigenvalue weighted by Crippen LogP contribution is -2.47. The third-order valence-corrected chi connectivity index (χ3v) is 6.11. The molecule has 1 aliphatic carbocycles. The van der Waals surface area contributed by atoms with Crippen molar-refractivity contribution < 1.29 is 4.79 Å². The summed E-state index contributed by atoms with van der Waals surface area (Å²) < 4.78 is 0. The maximum absolute atomic E-state index is 12.7. The fraction of sp³-hybridized carbons (Fsp3) is 0.292. The number of carbonyl (C=O) groups excluding carboxylic acids is 1. The first kappa shape index (κ1) is 19.8. The molecule has 0 spiro atoms. The zero-order chi connectivity index (χ0) is 21.2. The van der Waals surface area contributed by atoms with E-state index in [0.717, 1.165) is 55.4 Å². The number of rotatable bonds is 4. The summed E-state index contributed by atoms with van der Waals surface area (Å²) in [5.41, 5.74) is 3.60. The number of carbonyl (C=O) groups is 1. The van der Waals surface area contributed by atoms with Crippen LogP contribution >= 0.6 is 11.6 Å². The normalized spacial score (nSPS) is 16.2. The Morgan fingerprint density at radius 1 is 0.839 bits per heavy atom. The van der Waals surface area contributed by atoms with Crippen LogP contribution in [0.1, 0.15) is 28.9 Å². The lowest BCUT2D eigenvalue weighted by molar-refractivity contribution is 0.0972. The average molecular weight is 434 g/mol. The maximum Gasteiger partial charge on any atom is 0.227 e. The minimum absolute atomic E-state index is 0.124. The van der Waals surface area contributed by atoms with Gasteiger partial charge in [-0.2, -0.15) is 4.98 Å². The molecule has 5 rings (SSSR count). The molecule has 2 heterocycles. The van der Waals surface area contributed by atoms with Crippen LogP contribution in [0.5, 0.6) is 0 Å². The van der Waals surface area contributed by atoms with Gasteiger partial charge in [0, 0.05) is 49.0 Å². The van der Waals surface area contributed by atoms with Crippen LogP contribution < -0.4 is 15.1 Å². The molecule has 31 heavy (non-hydrogen) atoms. The van der Waals surface area contributed by atoms with E-state index in [1.165, 1.54) is 5.69 Å². The zero-order valence-corrected chi connectivity index (χ0v) is 18.0. The summed E-state index contributed by atoms with van der Waals surface area (Å²) in [6, 6.07) is 17.8. The Morgan fingerprint density at radius 3 is 2.29 bits per heavy atom. The van der Waals surface area contributed by atoms with Crippen molar-refractivity contribution in [2.45, 2.75) is 19.3 Å². The van der Waals surface area contributed by atoms with E-state index in [1.54, 1.807) is 0 Å². The first-order chi connectivity index (χ1) is 15.2. The number of piperazine rings is 1. The summed E-state index contributed by atoms with van der Waals surface area (Å²) in [5, 5.41) is 4.11. The van der Waals surface area contributed by atoms with Crippen molar-refractivity contribution in [3.05, 3.63) is 70.9 Å². The summed E-state index contributed by atoms with van der Waals surface area (Å²) in [6.07, 6.45) is 2.21. The molecule has 158 valence electrons. The lowest BCUT2D eigenvalue weighted by Gasteiger charge is -2.36. The second-order valence-electron chi connectivity index (χ2n) is 7.91. The molecule has 1 N–H and O–H groups in total. The number of Topliss-reactive ketones (excluding diaryl/α,β-unsaturated/α-hetero) is 1. The number of hydrogen-bond acceptors (Lipinski definition) is 6. The molecule has 6 nitrogen and oxygen atoms in total. The molecule has 1 fully saturated rings. The monoisotopic (exact) mass is 433 g/mol. The SMILES string of the molecule is O=C1CCCc2nc(N3CCN(c4ccc(Cl)cc4)CC3)nc(Nc3ccccc3)c21. The van der Waals surface area contributed by atoms with E-state index in [-0.39, 0.29) is 5.78 Å². The van der Waals surface area contributed by atoms with Gasteiger partial charge in [-0.15, -0.1) is 0 Å². The molecule has 0 atom stereocenters. The number of nitrogens with zero attached hydrogens (tertiary/aromatic N) is 4. The Morgan fingerprint density at radius 2 is 1.55 bits per heavy atom. The Balaban J connectivity index is 1.40. The second kappa shape index (κ2) is 8.55. The van der Waals surface area contributed by atoms with Gasteiger partial charge >= 0.3 is 0 Å². The Kier molecular flexibility index (Phi) is 5.47. The summed E-state index contributed by atoms with van der Waals surface area (Å²) >= 11 is 6.02. The number of aromatic nitrogens is 2. The van der Waals surface area contributed by atoms with Crippen molar-refractivity contribution in [1.82, 2.24) is 9.97 Å². The number of benzene rings is 2. The molecule has 0 saturated carbocycles. The van der Waals surface area contributed by atoms with Gasteiger partial charge in [-0.05, 0) is 49.2 Å². The van der Waals surface area contributed by atoms with Gasteiger partial charge in [0.15, 0.2) is 5.78 Å². The number of fused-ring (bicyclic) bond motifs is 1. The number of nitrogens with one attached hydrogen (secondary N) is 1. The molecular weight excluding hydrogens is 410 g/mol. The summed E-state index contributed by atoms with van der Waals surface area (Å²) in [6.45, 7) is 3.39. The summed E-state index contributed by atoms with van der Waals surface area (Å²) in [5.74, 6) is 1.44. The van der Waals surface area contributed by atoms with Gasteiger partial charge in [0.05, 0.1) is 11.3 Å². The van der Waals surface area contributed by atoms with Gasteiger partial charge < -0.3 is 15.1 Å². The van der Waals surface area contributed by atoms with Crippen molar-refractivity contribution in [3.8, 4) is 0 Å². The van der Waals surface area contributed by atoms with E-state index in [9.17, 15) is 4.79 Å². The molecule has 3 aromatic rings. The minimum Gasteiger partial charge on any atom is -0.368 e. The van der Waals surface area contributed by atoms with E-state index in [4.69, 9.17) is 21.6 Å². The fourth-order valence-corrected chi connectivity index (χ4v) is 4.34. The number of para-hydroxylation sites is 1. The third-order valence-electron chi connectivity index (χ3n) is 5.86. The Labute approximate surface area is 186 Å². The van der Waals surface area contributed by atoms with Crippen LogP contribution in [-0.4, -0.2) is 41.9 Å². The highest BCUT2D eigenvalue weighted by Crippen LogP contribution is 2.30. The van der Waals surface area contributed by atoms with Crippen LogP contribution in [0.15, 0.2) is 54.6 Å². The van der Waals surface area contributed by atoms with E-state index in [1.807, 2.05) is 42.5 Å². The highest BCUT2D eigenvalue weighted by atomic mass is 35.5. The molecule has 0 bridgehead atoms. The number of aryl methyl sites for hydroxylation is 1. The molecule has 1 aromatic heterocycles. The van der Waals surface area contributed by atoms with Gasteiger partial charge in [-0.3, -0.25) is 4.79 Å². The van der Waals surface area contributed by atoms with Crippen LogP contribution in [0.4, 0.5) is 23.1 Å². The largest absolute Gasteiger partial charge is 0.368 e. The molecule has 1 saturated heterocycles. The smallest absolute Gasteiger partial charge is 0.227 e. The van der Waals surface area contributed by atoms with Crippen LogP contribution in [-0.2, 0) is 6.42 Å². The van der Waals surface area contributed by atoms with Gasteiger partial charge in [-0.25, -0.2) is 4.98 Å². The molecule has 2 aliphatic rings. The number of halogens is 1. The highest BCUT2D eigenvalue weighted by Gasteiger charge is 2.27. The summed E-state index contributed by atoms with van der Waals surface area (Å²) in [7, 11) is 0. The molecular formula is C24H24ClN5O. The van der Waals surface area contributed by atoms with Gasteiger partial charge in [0.1, 0.15) is 5.82 Å². The van der Waals surface area contributed by atoms with Crippen molar-refractivity contribution in [2.24, 2.45) is 0 Å². The van der Waals surface area contributed by atoms with Gasteiger partial charge in [-0.1, -0.05) is 29.8 Å². The Bertz CT molecular complexity index is 1080. The van der Waals surface area contributed by atoms with Crippen LogP contribution in [0, 0.1) is 0 Å². The van der Waals surface area contributed by atoms with E-state index < -0.39 is 0 Å². The van der Waals surface area contributed by atoms with Gasteiger partial charge in [0.2, 0.25) is 5.95 Å². The lowest BCUT2D eigenvalue weighted by atomic mass is 9.95. The van der Waals surface area contributed by atoms with E-state index >= 15 is 0 Å². The minimum atomic E-state index is 0.124. The molecule has 0 unspecified atom stereocenters. The Hall–Kier alpha value is -3.12. The van der Waals surface area contributed by atoms with Crippen molar-refractivity contribution in [2.75, 3.05) is 41.3 Å². The average Bonchev–Trinajstić information content (AvgIpc) is 2.80. The van der Waals surface area contributed by atoms with Crippen molar-refractivity contribution >= 4 is 40.5 Å². The van der Waals surface area contributed by atoms with Crippen molar-refractivity contribution in [3.63, 3.8) is 0 Å². The summed E-state index contributed by atoms with van der Waals surface area (Å²) in [4.78, 5) is 26.8. The van der Waals surface area contributed by atoms with E-state index in [0.29, 0.717) is 23.8 Å². The topological polar surface area (TPSA) is 61.4 Å².